The van der Waals surface area contributed by atoms with Crippen molar-refractivity contribution in [1.82, 2.24) is 14.4 Å². The molecule has 0 amide bonds. The second-order valence-corrected chi connectivity index (χ2v) is 6.39. The highest BCUT2D eigenvalue weighted by molar-refractivity contribution is 5.50. The summed E-state index contributed by atoms with van der Waals surface area (Å²) in [5.74, 6) is 6.22. The van der Waals surface area contributed by atoms with E-state index in [1.54, 1.807) is 23.0 Å². The molecular weight excluding hydrogens is 310 g/mol. The molecule has 0 aliphatic heterocycles. The van der Waals surface area contributed by atoms with Crippen LogP contribution in [0.25, 0.3) is 5.65 Å². The molecule has 0 aromatic carbocycles. The Balaban J connectivity index is 1.77. The first-order chi connectivity index (χ1) is 12.3. The highest BCUT2D eigenvalue weighted by atomic mass is 16.1. The number of fused-ring (bicyclic) bond motifs is 2. The van der Waals surface area contributed by atoms with Crippen LogP contribution in [0.5, 0.6) is 0 Å². The predicted octanol–water partition coefficient (Wildman–Crippen LogP) is 3.15. The second-order valence-electron chi connectivity index (χ2n) is 6.39. The molecule has 0 saturated heterocycles. The molecule has 1 aliphatic carbocycles. The summed E-state index contributed by atoms with van der Waals surface area (Å²) >= 11 is 0. The molecule has 1 aliphatic rings. The van der Waals surface area contributed by atoms with Crippen molar-refractivity contribution in [2.24, 2.45) is 0 Å². The Bertz CT molecular complexity index is 1030. The van der Waals surface area contributed by atoms with Crippen LogP contribution in [0.1, 0.15) is 48.1 Å². The Labute approximate surface area is 146 Å². The SMILES string of the molecule is O=c1c2c(nc3cc(C#Cc4cccnc4)ccn13)CCCCCC2. The van der Waals surface area contributed by atoms with Crippen LogP contribution in [0.15, 0.2) is 47.7 Å². The van der Waals surface area contributed by atoms with Gasteiger partial charge in [-0.15, -0.1) is 0 Å². The van der Waals surface area contributed by atoms with Crippen LogP contribution in [0.4, 0.5) is 0 Å². The van der Waals surface area contributed by atoms with Crippen molar-refractivity contribution < 1.29 is 0 Å². The minimum atomic E-state index is 0.0775. The number of rotatable bonds is 0. The van der Waals surface area contributed by atoms with Gasteiger partial charge in [0, 0.05) is 35.3 Å². The van der Waals surface area contributed by atoms with Gasteiger partial charge < -0.3 is 0 Å². The molecule has 4 heteroatoms. The molecule has 124 valence electrons. The third-order valence-corrected chi connectivity index (χ3v) is 4.61. The van der Waals surface area contributed by atoms with Crippen LogP contribution in [0.2, 0.25) is 0 Å². The largest absolute Gasteiger partial charge is 0.269 e. The predicted molar refractivity (Wildman–Crippen MR) is 97.6 cm³/mol. The van der Waals surface area contributed by atoms with Crippen LogP contribution in [0.3, 0.4) is 0 Å². The Kier molecular flexibility index (Phi) is 4.30. The van der Waals surface area contributed by atoms with Crippen LogP contribution >= 0.6 is 0 Å². The van der Waals surface area contributed by atoms with Crippen molar-refractivity contribution in [1.29, 1.82) is 0 Å². The van der Waals surface area contributed by atoms with E-state index in [-0.39, 0.29) is 5.56 Å². The van der Waals surface area contributed by atoms with E-state index < -0.39 is 0 Å². The minimum absolute atomic E-state index is 0.0775. The zero-order chi connectivity index (χ0) is 17.1. The summed E-state index contributed by atoms with van der Waals surface area (Å²) in [4.78, 5) is 21.6. The maximum Gasteiger partial charge on any atom is 0.261 e. The van der Waals surface area contributed by atoms with Gasteiger partial charge in [-0.1, -0.05) is 24.7 Å². The first-order valence-electron chi connectivity index (χ1n) is 8.77. The van der Waals surface area contributed by atoms with Crippen LogP contribution < -0.4 is 5.56 Å². The topological polar surface area (TPSA) is 47.3 Å². The summed E-state index contributed by atoms with van der Waals surface area (Å²) < 4.78 is 1.65. The maximum absolute atomic E-state index is 12.8. The quantitative estimate of drug-likeness (QED) is 0.595. The van der Waals surface area contributed by atoms with E-state index in [1.807, 2.05) is 24.3 Å². The summed E-state index contributed by atoms with van der Waals surface area (Å²) in [6, 6.07) is 7.55. The molecule has 0 unspecified atom stereocenters. The van der Waals surface area contributed by atoms with Crippen LogP contribution in [-0.2, 0) is 12.8 Å². The van der Waals surface area contributed by atoms with Crippen molar-refractivity contribution in [3.05, 3.63) is 75.6 Å². The van der Waals surface area contributed by atoms with E-state index in [1.165, 1.54) is 12.8 Å². The lowest BCUT2D eigenvalue weighted by atomic mass is 9.98. The number of pyridine rings is 2. The zero-order valence-corrected chi connectivity index (χ0v) is 14.0. The highest BCUT2D eigenvalue weighted by Crippen LogP contribution is 2.17. The van der Waals surface area contributed by atoms with Crippen LogP contribution in [0, 0.1) is 11.8 Å². The molecule has 0 atom stereocenters. The number of aromatic nitrogens is 3. The van der Waals surface area contributed by atoms with Crippen molar-refractivity contribution in [3.8, 4) is 11.8 Å². The van der Waals surface area contributed by atoms with E-state index in [9.17, 15) is 4.79 Å². The van der Waals surface area contributed by atoms with Gasteiger partial charge in [-0.3, -0.25) is 14.2 Å². The summed E-state index contributed by atoms with van der Waals surface area (Å²) in [5.41, 5.74) is 4.34. The number of hydrogen-bond acceptors (Lipinski definition) is 3. The fourth-order valence-electron chi connectivity index (χ4n) is 3.28. The molecular formula is C21H19N3O. The monoisotopic (exact) mass is 329 g/mol. The van der Waals surface area contributed by atoms with Gasteiger partial charge in [0.25, 0.3) is 5.56 Å². The Morgan fingerprint density at radius 2 is 1.84 bits per heavy atom. The summed E-state index contributed by atoms with van der Waals surface area (Å²) in [6.45, 7) is 0. The smallest absolute Gasteiger partial charge is 0.261 e. The van der Waals surface area contributed by atoms with Gasteiger partial charge in [-0.05, 0) is 49.9 Å². The summed E-state index contributed by atoms with van der Waals surface area (Å²) in [5, 5.41) is 0. The lowest BCUT2D eigenvalue weighted by molar-refractivity contribution is 0.603. The molecule has 0 fully saturated rings. The average Bonchev–Trinajstić information content (AvgIpc) is 2.62. The number of aryl methyl sites for hydroxylation is 1. The standard InChI is InChI=1S/C21H19N3O/c25-21-18-7-3-1-2-4-8-19(18)23-20-14-16(11-13-24(20)21)9-10-17-6-5-12-22-15-17/h5-6,11-15H,1-4,7-8H2. The van der Waals surface area contributed by atoms with Crippen molar-refractivity contribution in [2.45, 2.75) is 38.5 Å². The van der Waals surface area contributed by atoms with Gasteiger partial charge in [-0.25, -0.2) is 4.98 Å². The molecule has 0 radical (unpaired) electrons. The Morgan fingerprint density at radius 1 is 1.00 bits per heavy atom. The van der Waals surface area contributed by atoms with E-state index in [2.05, 4.69) is 16.8 Å². The van der Waals surface area contributed by atoms with Gasteiger partial charge >= 0.3 is 0 Å². The zero-order valence-electron chi connectivity index (χ0n) is 14.0. The van der Waals surface area contributed by atoms with Crippen molar-refractivity contribution in [2.75, 3.05) is 0 Å². The maximum atomic E-state index is 12.8. The van der Waals surface area contributed by atoms with E-state index in [0.717, 1.165) is 48.1 Å². The molecule has 0 spiro atoms. The summed E-state index contributed by atoms with van der Waals surface area (Å²) in [7, 11) is 0. The second kappa shape index (κ2) is 6.90. The molecule has 4 nitrogen and oxygen atoms in total. The average molecular weight is 329 g/mol. The third kappa shape index (κ3) is 3.32. The molecule has 0 bridgehead atoms. The van der Waals surface area contributed by atoms with Gasteiger partial charge in [0.1, 0.15) is 5.65 Å². The number of nitrogens with zero attached hydrogens (tertiary/aromatic N) is 3. The third-order valence-electron chi connectivity index (χ3n) is 4.61. The normalized spacial score (nSPS) is 14.1. The van der Waals surface area contributed by atoms with E-state index >= 15 is 0 Å². The molecule has 3 heterocycles. The molecule has 0 saturated carbocycles. The van der Waals surface area contributed by atoms with Gasteiger partial charge in [-0.2, -0.15) is 0 Å². The van der Waals surface area contributed by atoms with Gasteiger partial charge in [0.15, 0.2) is 0 Å². The number of hydrogen-bond donors (Lipinski definition) is 0. The molecule has 4 rings (SSSR count). The Hall–Kier alpha value is -2.93. The first kappa shape index (κ1) is 15.6. The van der Waals surface area contributed by atoms with Gasteiger partial charge in [0.05, 0.1) is 5.69 Å². The Morgan fingerprint density at radius 3 is 2.68 bits per heavy atom. The molecule has 3 aromatic rings. The molecule has 0 N–H and O–H groups in total. The molecule has 3 aromatic heterocycles. The van der Waals surface area contributed by atoms with Crippen LogP contribution in [-0.4, -0.2) is 14.4 Å². The fraction of sp³-hybridized carbons (Fsp3) is 0.286. The van der Waals surface area contributed by atoms with E-state index in [4.69, 9.17) is 4.98 Å². The lowest BCUT2D eigenvalue weighted by Gasteiger charge is -2.13. The lowest BCUT2D eigenvalue weighted by Crippen LogP contribution is -2.23. The van der Waals surface area contributed by atoms with Crippen molar-refractivity contribution in [3.63, 3.8) is 0 Å². The first-order valence-corrected chi connectivity index (χ1v) is 8.77. The van der Waals surface area contributed by atoms with Gasteiger partial charge in [0.2, 0.25) is 0 Å². The minimum Gasteiger partial charge on any atom is -0.269 e. The molecule has 25 heavy (non-hydrogen) atoms. The van der Waals surface area contributed by atoms with E-state index in [0.29, 0.717) is 5.65 Å². The highest BCUT2D eigenvalue weighted by Gasteiger charge is 2.14. The summed E-state index contributed by atoms with van der Waals surface area (Å²) in [6.07, 6.45) is 11.6. The fourth-order valence-corrected chi connectivity index (χ4v) is 3.28. The van der Waals surface area contributed by atoms with Crippen molar-refractivity contribution >= 4 is 5.65 Å².